The van der Waals surface area contributed by atoms with Crippen LogP contribution in [0.5, 0.6) is 0 Å². The lowest BCUT2D eigenvalue weighted by atomic mass is 10.1. The lowest BCUT2D eigenvalue weighted by Crippen LogP contribution is -2.25. The zero-order valence-electron chi connectivity index (χ0n) is 10.8. The molecule has 19 heavy (non-hydrogen) atoms. The summed E-state index contributed by atoms with van der Waals surface area (Å²) in [5.74, 6) is -0.449. The molecule has 2 rings (SSSR count). The minimum Gasteiger partial charge on any atom is -0.465 e. The summed E-state index contributed by atoms with van der Waals surface area (Å²) in [6.45, 7) is 3.72. The maximum absolute atomic E-state index is 12.0. The highest BCUT2D eigenvalue weighted by Crippen LogP contribution is 2.24. The van der Waals surface area contributed by atoms with E-state index in [0.717, 1.165) is 10.9 Å². The molecule has 1 aromatic heterocycles. The number of hydrogen-bond donors (Lipinski definition) is 0. The van der Waals surface area contributed by atoms with Crippen molar-refractivity contribution in [2.75, 3.05) is 6.61 Å². The van der Waals surface area contributed by atoms with E-state index in [1.165, 1.54) is 10.6 Å². The molecule has 2 aromatic rings. The first-order chi connectivity index (χ1) is 9.04. The maximum Gasteiger partial charge on any atom is 0.326 e. The molecule has 0 saturated heterocycles. The number of para-hydroxylation sites is 1. The minimum atomic E-state index is -0.449. The molecule has 0 unspecified atom stereocenters. The highest BCUT2D eigenvalue weighted by Gasteiger charge is 2.12. The highest BCUT2D eigenvalue weighted by atomic mass is 35.5. The van der Waals surface area contributed by atoms with E-state index in [0.29, 0.717) is 10.5 Å². The first kappa shape index (κ1) is 13.6. The minimum absolute atomic E-state index is 0.132. The molecule has 0 atom stereocenters. The monoisotopic (exact) mass is 279 g/mol. The summed E-state index contributed by atoms with van der Waals surface area (Å²) in [4.78, 5) is 23.6. The average Bonchev–Trinajstić information content (AvgIpc) is 2.35. The topological polar surface area (TPSA) is 48.3 Å². The van der Waals surface area contributed by atoms with Gasteiger partial charge in [0.25, 0.3) is 5.56 Å². The summed E-state index contributed by atoms with van der Waals surface area (Å²) in [5.41, 5.74) is 1.15. The Morgan fingerprint density at radius 3 is 2.84 bits per heavy atom. The van der Waals surface area contributed by atoms with Gasteiger partial charge in [0.15, 0.2) is 0 Å². The van der Waals surface area contributed by atoms with Gasteiger partial charge in [-0.2, -0.15) is 0 Å². The van der Waals surface area contributed by atoms with Gasteiger partial charge in [-0.25, -0.2) is 0 Å². The molecule has 0 fully saturated rings. The van der Waals surface area contributed by atoms with Crippen LogP contribution in [0.25, 0.3) is 10.9 Å². The number of pyridine rings is 1. The molecule has 0 aliphatic rings. The van der Waals surface area contributed by atoms with Crippen LogP contribution in [0.15, 0.2) is 29.1 Å². The average molecular weight is 280 g/mol. The van der Waals surface area contributed by atoms with E-state index in [2.05, 4.69) is 0 Å². The Morgan fingerprint density at radius 2 is 2.16 bits per heavy atom. The Kier molecular flexibility index (Phi) is 3.90. The van der Waals surface area contributed by atoms with Crippen molar-refractivity contribution in [3.63, 3.8) is 0 Å². The number of fused-ring (bicyclic) bond motifs is 1. The Morgan fingerprint density at radius 1 is 1.42 bits per heavy atom. The van der Waals surface area contributed by atoms with Crippen molar-refractivity contribution in [1.29, 1.82) is 0 Å². The SMILES string of the molecule is CCOC(=O)Cn1c(=O)cc(C)c2cccc(Cl)c21. The first-order valence-electron chi connectivity index (χ1n) is 5.99. The van der Waals surface area contributed by atoms with Gasteiger partial charge in [-0.1, -0.05) is 23.7 Å². The number of aromatic nitrogens is 1. The summed E-state index contributed by atoms with van der Waals surface area (Å²) in [6, 6.07) is 6.89. The molecule has 0 aliphatic carbocycles. The zero-order chi connectivity index (χ0) is 14.0. The number of esters is 1. The molecular weight excluding hydrogens is 266 g/mol. The highest BCUT2D eigenvalue weighted by molar-refractivity contribution is 6.35. The van der Waals surface area contributed by atoms with Crippen molar-refractivity contribution in [2.24, 2.45) is 0 Å². The second-order valence-corrected chi connectivity index (χ2v) is 4.60. The third-order valence-electron chi connectivity index (χ3n) is 2.88. The Balaban J connectivity index is 2.66. The number of rotatable bonds is 3. The van der Waals surface area contributed by atoms with Crippen molar-refractivity contribution in [3.8, 4) is 0 Å². The molecule has 1 aromatic carbocycles. The van der Waals surface area contributed by atoms with Gasteiger partial charge in [0, 0.05) is 11.5 Å². The molecule has 0 aliphatic heterocycles. The lowest BCUT2D eigenvalue weighted by Gasteiger charge is -2.12. The van der Waals surface area contributed by atoms with Crippen molar-refractivity contribution in [3.05, 3.63) is 45.2 Å². The Bertz CT molecular complexity index is 691. The van der Waals surface area contributed by atoms with Crippen LogP contribution < -0.4 is 5.56 Å². The van der Waals surface area contributed by atoms with Crippen LogP contribution in [-0.2, 0) is 16.1 Å². The number of halogens is 1. The first-order valence-corrected chi connectivity index (χ1v) is 6.36. The van der Waals surface area contributed by atoms with E-state index in [1.807, 2.05) is 19.1 Å². The maximum atomic E-state index is 12.0. The van der Waals surface area contributed by atoms with Crippen LogP contribution in [0.3, 0.4) is 0 Å². The van der Waals surface area contributed by atoms with Gasteiger partial charge in [-0.3, -0.25) is 14.2 Å². The summed E-state index contributed by atoms with van der Waals surface area (Å²) in [7, 11) is 0. The molecule has 1 heterocycles. The standard InChI is InChI=1S/C14H14ClNO3/c1-3-19-13(18)8-16-12(17)7-9(2)10-5-4-6-11(15)14(10)16/h4-7H,3,8H2,1-2H3. The van der Waals surface area contributed by atoms with Gasteiger partial charge >= 0.3 is 5.97 Å². The van der Waals surface area contributed by atoms with Gasteiger partial charge in [-0.15, -0.1) is 0 Å². The molecule has 0 amide bonds. The van der Waals surface area contributed by atoms with E-state index in [4.69, 9.17) is 16.3 Å². The third-order valence-corrected chi connectivity index (χ3v) is 3.19. The van der Waals surface area contributed by atoms with Crippen LogP contribution in [0.4, 0.5) is 0 Å². The van der Waals surface area contributed by atoms with E-state index in [-0.39, 0.29) is 18.7 Å². The zero-order valence-corrected chi connectivity index (χ0v) is 11.5. The molecule has 0 bridgehead atoms. The molecule has 5 heteroatoms. The molecule has 0 radical (unpaired) electrons. The van der Waals surface area contributed by atoms with Crippen LogP contribution in [0.2, 0.25) is 5.02 Å². The smallest absolute Gasteiger partial charge is 0.326 e. The molecular formula is C14H14ClNO3. The summed E-state index contributed by atoms with van der Waals surface area (Å²) in [6.07, 6.45) is 0. The largest absolute Gasteiger partial charge is 0.465 e. The van der Waals surface area contributed by atoms with Crippen molar-refractivity contribution in [1.82, 2.24) is 4.57 Å². The van der Waals surface area contributed by atoms with Crippen LogP contribution in [0.1, 0.15) is 12.5 Å². The van der Waals surface area contributed by atoms with Crippen molar-refractivity contribution < 1.29 is 9.53 Å². The predicted molar refractivity (Wildman–Crippen MR) is 74.6 cm³/mol. The summed E-state index contributed by atoms with van der Waals surface area (Å²) >= 11 is 6.15. The molecule has 0 spiro atoms. The number of carbonyl (C=O) groups excluding carboxylic acids is 1. The van der Waals surface area contributed by atoms with Crippen molar-refractivity contribution >= 4 is 28.5 Å². The van der Waals surface area contributed by atoms with Crippen molar-refractivity contribution in [2.45, 2.75) is 20.4 Å². The second-order valence-electron chi connectivity index (χ2n) is 4.19. The van der Waals surface area contributed by atoms with Gasteiger partial charge in [0.1, 0.15) is 6.54 Å². The number of carbonyl (C=O) groups is 1. The fourth-order valence-electron chi connectivity index (χ4n) is 2.05. The number of ether oxygens (including phenoxy) is 1. The van der Waals surface area contributed by atoms with E-state index < -0.39 is 5.97 Å². The predicted octanol–water partition coefficient (Wildman–Crippen LogP) is 2.53. The van der Waals surface area contributed by atoms with Crippen LogP contribution in [-0.4, -0.2) is 17.1 Å². The number of nitrogens with zero attached hydrogens (tertiary/aromatic N) is 1. The number of aryl methyl sites for hydroxylation is 1. The van der Waals surface area contributed by atoms with E-state index >= 15 is 0 Å². The third kappa shape index (κ3) is 2.63. The van der Waals surface area contributed by atoms with Gasteiger partial charge in [0.05, 0.1) is 17.1 Å². The molecule has 100 valence electrons. The Hall–Kier alpha value is -1.81. The fraction of sp³-hybridized carbons (Fsp3) is 0.286. The Labute approximate surface area is 115 Å². The summed E-state index contributed by atoms with van der Waals surface area (Å²) in [5, 5.41) is 1.30. The van der Waals surface area contributed by atoms with E-state index in [9.17, 15) is 9.59 Å². The fourth-order valence-corrected chi connectivity index (χ4v) is 2.33. The molecule has 0 saturated carbocycles. The van der Waals surface area contributed by atoms with Gasteiger partial charge in [-0.05, 0) is 25.5 Å². The number of hydrogen-bond acceptors (Lipinski definition) is 3. The lowest BCUT2D eigenvalue weighted by molar-refractivity contribution is -0.143. The normalized spacial score (nSPS) is 10.7. The molecule has 0 N–H and O–H groups in total. The van der Waals surface area contributed by atoms with Gasteiger partial charge in [0.2, 0.25) is 0 Å². The quantitative estimate of drug-likeness (QED) is 0.811. The van der Waals surface area contributed by atoms with E-state index in [1.54, 1.807) is 13.0 Å². The van der Waals surface area contributed by atoms with Crippen LogP contribution >= 0.6 is 11.6 Å². The van der Waals surface area contributed by atoms with Gasteiger partial charge < -0.3 is 4.74 Å². The number of benzene rings is 1. The molecule has 4 nitrogen and oxygen atoms in total. The second kappa shape index (κ2) is 5.45. The summed E-state index contributed by atoms with van der Waals surface area (Å²) < 4.78 is 6.23. The van der Waals surface area contributed by atoms with Crippen LogP contribution in [0, 0.1) is 6.92 Å².